The van der Waals surface area contributed by atoms with Gasteiger partial charge in [-0.05, 0) is 25.1 Å². The number of imidazole rings is 1. The van der Waals surface area contributed by atoms with Crippen molar-refractivity contribution in [2.24, 2.45) is 0 Å². The topological polar surface area (TPSA) is 63.8 Å². The van der Waals surface area contributed by atoms with Crippen LogP contribution in [0.3, 0.4) is 0 Å². The smallest absolute Gasteiger partial charge is 0.356 e. The lowest BCUT2D eigenvalue weighted by Crippen LogP contribution is -1.96. The molecule has 7 heteroatoms. The molecule has 0 aliphatic carbocycles. The van der Waals surface area contributed by atoms with Gasteiger partial charge in [0.1, 0.15) is 5.75 Å². The summed E-state index contributed by atoms with van der Waals surface area (Å²) in [6.45, 7) is 2.49. The van der Waals surface area contributed by atoms with E-state index in [0.717, 1.165) is 21.5 Å². The van der Waals surface area contributed by atoms with E-state index in [1.807, 2.05) is 30.5 Å². The van der Waals surface area contributed by atoms with Crippen LogP contribution in [0.15, 0.2) is 34.2 Å². The summed E-state index contributed by atoms with van der Waals surface area (Å²) in [5, 5.41) is 11.0. The Labute approximate surface area is 132 Å². The van der Waals surface area contributed by atoms with E-state index in [9.17, 15) is 4.79 Å². The van der Waals surface area contributed by atoms with Crippen molar-refractivity contribution in [3.05, 3.63) is 39.9 Å². The lowest BCUT2D eigenvalue weighted by Gasteiger charge is -2.10. The van der Waals surface area contributed by atoms with E-state index in [0.29, 0.717) is 11.6 Å². The van der Waals surface area contributed by atoms with Crippen LogP contribution in [0.25, 0.3) is 16.2 Å². The number of nitrogens with zero attached hydrogens (tertiary/aromatic N) is 2. The molecular weight excluding hydrogens is 356 g/mol. The molecule has 0 unspecified atom stereocenters. The third-order valence-electron chi connectivity index (χ3n) is 2.95. The zero-order valence-electron chi connectivity index (χ0n) is 11.0. The van der Waals surface area contributed by atoms with Crippen molar-refractivity contribution in [3.63, 3.8) is 0 Å². The van der Waals surface area contributed by atoms with Gasteiger partial charge < -0.3 is 9.84 Å². The Hall–Kier alpha value is -1.86. The number of hydrogen-bond acceptors (Lipinski definition) is 4. The van der Waals surface area contributed by atoms with Gasteiger partial charge in [-0.1, -0.05) is 15.9 Å². The highest BCUT2D eigenvalue weighted by Crippen LogP contribution is 2.35. The second kappa shape index (κ2) is 5.50. The van der Waals surface area contributed by atoms with Crippen molar-refractivity contribution in [1.29, 1.82) is 0 Å². The third-order valence-corrected chi connectivity index (χ3v) is 4.28. The minimum Gasteiger partial charge on any atom is -0.493 e. The first-order valence-electron chi connectivity index (χ1n) is 6.22. The Morgan fingerprint density at radius 2 is 2.33 bits per heavy atom. The molecule has 21 heavy (non-hydrogen) atoms. The molecule has 0 fully saturated rings. The molecule has 0 aliphatic rings. The number of thiazole rings is 1. The van der Waals surface area contributed by atoms with E-state index in [1.165, 1.54) is 17.5 Å². The Balaban J connectivity index is 2.19. The van der Waals surface area contributed by atoms with Crippen LogP contribution in [0.5, 0.6) is 5.75 Å². The number of halogens is 1. The third kappa shape index (κ3) is 2.54. The highest BCUT2D eigenvalue weighted by molar-refractivity contribution is 9.10. The molecule has 0 saturated carbocycles. The molecule has 1 N–H and O–H groups in total. The van der Waals surface area contributed by atoms with Crippen LogP contribution in [0.2, 0.25) is 0 Å². The molecule has 0 saturated heterocycles. The summed E-state index contributed by atoms with van der Waals surface area (Å²) in [7, 11) is 0. The lowest BCUT2D eigenvalue weighted by atomic mass is 10.1. The number of rotatable bonds is 4. The summed E-state index contributed by atoms with van der Waals surface area (Å²) in [6, 6.07) is 5.75. The van der Waals surface area contributed by atoms with Crippen molar-refractivity contribution in [3.8, 4) is 17.0 Å². The van der Waals surface area contributed by atoms with Crippen LogP contribution in [0, 0.1) is 0 Å². The van der Waals surface area contributed by atoms with Gasteiger partial charge in [-0.3, -0.25) is 4.40 Å². The highest BCUT2D eigenvalue weighted by Gasteiger charge is 2.16. The van der Waals surface area contributed by atoms with Gasteiger partial charge in [-0.2, -0.15) is 0 Å². The summed E-state index contributed by atoms with van der Waals surface area (Å²) >= 11 is 4.85. The van der Waals surface area contributed by atoms with E-state index in [-0.39, 0.29) is 5.69 Å². The molecule has 1 aromatic carbocycles. The molecule has 108 valence electrons. The van der Waals surface area contributed by atoms with Gasteiger partial charge in [-0.15, -0.1) is 11.3 Å². The maximum Gasteiger partial charge on any atom is 0.356 e. The molecule has 0 amide bonds. The number of carboxylic acid groups (broad SMARTS) is 1. The second-order valence-corrected chi connectivity index (χ2v) is 6.03. The van der Waals surface area contributed by atoms with Crippen LogP contribution in [-0.4, -0.2) is 27.1 Å². The molecule has 0 spiro atoms. The van der Waals surface area contributed by atoms with E-state index in [1.54, 1.807) is 4.40 Å². The molecule has 0 radical (unpaired) electrons. The first kappa shape index (κ1) is 14.1. The summed E-state index contributed by atoms with van der Waals surface area (Å²) in [5.74, 6) is -0.276. The molecule has 0 atom stereocenters. The van der Waals surface area contributed by atoms with E-state index in [4.69, 9.17) is 9.84 Å². The Bertz CT molecular complexity index is 825. The van der Waals surface area contributed by atoms with Crippen molar-refractivity contribution in [2.75, 3.05) is 6.61 Å². The van der Waals surface area contributed by atoms with Crippen molar-refractivity contribution >= 4 is 38.2 Å². The Kier molecular flexibility index (Phi) is 3.69. The second-order valence-electron chi connectivity index (χ2n) is 4.28. The Morgan fingerprint density at radius 1 is 1.52 bits per heavy atom. The Morgan fingerprint density at radius 3 is 3.05 bits per heavy atom. The predicted molar refractivity (Wildman–Crippen MR) is 84.3 cm³/mol. The van der Waals surface area contributed by atoms with E-state index in [2.05, 4.69) is 20.9 Å². The minimum atomic E-state index is -1.03. The number of hydrogen-bond donors (Lipinski definition) is 1. The zero-order valence-corrected chi connectivity index (χ0v) is 13.4. The average molecular weight is 367 g/mol. The molecule has 5 nitrogen and oxygen atoms in total. The van der Waals surface area contributed by atoms with Gasteiger partial charge in [0.2, 0.25) is 0 Å². The quantitative estimate of drug-likeness (QED) is 0.759. The highest BCUT2D eigenvalue weighted by atomic mass is 79.9. The van der Waals surface area contributed by atoms with E-state index >= 15 is 0 Å². The van der Waals surface area contributed by atoms with Gasteiger partial charge in [-0.25, -0.2) is 9.78 Å². The normalized spacial score (nSPS) is 11.0. The monoisotopic (exact) mass is 366 g/mol. The molecule has 2 heterocycles. The van der Waals surface area contributed by atoms with Crippen LogP contribution in [0.1, 0.15) is 17.4 Å². The van der Waals surface area contributed by atoms with Crippen LogP contribution in [-0.2, 0) is 0 Å². The molecule has 0 bridgehead atoms. The van der Waals surface area contributed by atoms with Crippen molar-refractivity contribution in [1.82, 2.24) is 9.38 Å². The largest absolute Gasteiger partial charge is 0.493 e. The number of carbonyl (C=O) groups is 1. The summed E-state index contributed by atoms with van der Waals surface area (Å²) < 4.78 is 8.36. The van der Waals surface area contributed by atoms with Crippen molar-refractivity contribution < 1.29 is 14.6 Å². The fraction of sp³-hybridized carbons (Fsp3) is 0.143. The number of fused-ring (bicyclic) bond motifs is 1. The maximum absolute atomic E-state index is 11.0. The first-order chi connectivity index (χ1) is 10.1. The molecule has 3 rings (SSSR count). The first-order valence-corrected chi connectivity index (χ1v) is 7.90. The fourth-order valence-electron chi connectivity index (χ4n) is 2.06. The molecule has 0 aliphatic heterocycles. The summed E-state index contributed by atoms with van der Waals surface area (Å²) in [4.78, 5) is 15.8. The van der Waals surface area contributed by atoms with Gasteiger partial charge in [0.05, 0.1) is 12.3 Å². The molecule has 2 aromatic heterocycles. The van der Waals surface area contributed by atoms with Crippen LogP contribution < -0.4 is 4.74 Å². The number of carboxylic acids is 1. The zero-order chi connectivity index (χ0) is 15.0. The maximum atomic E-state index is 11.0. The average Bonchev–Trinajstić information content (AvgIpc) is 3.01. The lowest BCUT2D eigenvalue weighted by molar-refractivity contribution is 0.0691. The number of aromatic carboxylic acids is 1. The number of aromatic nitrogens is 2. The minimum absolute atomic E-state index is 0.0380. The van der Waals surface area contributed by atoms with Gasteiger partial charge in [0.25, 0.3) is 0 Å². The number of ether oxygens (including phenoxy) is 1. The van der Waals surface area contributed by atoms with Crippen LogP contribution >= 0.6 is 27.3 Å². The SMILES string of the molecule is CCOc1ccc(Br)cc1-c1csc2nc(C(=O)O)cn12. The van der Waals surface area contributed by atoms with Crippen LogP contribution in [0.4, 0.5) is 0 Å². The summed E-state index contributed by atoms with van der Waals surface area (Å²) in [6.07, 6.45) is 1.53. The van der Waals surface area contributed by atoms with Gasteiger partial charge >= 0.3 is 5.97 Å². The molecular formula is C14H11BrN2O3S. The predicted octanol–water partition coefficient (Wildman–Crippen LogP) is 3.92. The van der Waals surface area contributed by atoms with Gasteiger partial charge in [0, 0.05) is 21.6 Å². The van der Waals surface area contributed by atoms with Gasteiger partial charge in [0.15, 0.2) is 10.7 Å². The van der Waals surface area contributed by atoms with E-state index < -0.39 is 5.97 Å². The summed E-state index contributed by atoms with van der Waals surface area (Å²) in [5.41, 5.74) is 1.79. The molecule has 3 aromatic rings. The number of benzene rings is 1. The van der Waals surface area contributed by atoms with Crippen molar-refractivity contribution in [2.45, 2.75) is 6.92 Å². The standard InChI is InChI=1S/C14H11BrN2O3S/c1-2-20-12-4-3-8(15)5-9(12)11-7-21-14-16-10(13(18)19)6-17(11)14/h3-7H,2H2,1H3,(H,18,19). The fourth-order valence-corrected chi connectivity index (χ4v) is 3.30.